The largest absolute Gasteiger partial charge is 0.457 e. The van der Waals surface area contributed by atoms with Crippen molar-refractivity contribution in [3.05, 3.63) is 23.5 Å². The first-order valence-electron chi connectivity index (χ1n) is 6.57. The number of hydrogen-bond acceptors (Lipinski definition) is 7. The molecule has 0 aromatic heterocycles. The lowest BCUT2D eigenvalue weighted by molar-refractivity contribution is -0.148. The third-order valence-electron chi connectivity index (χ3n) is 2.03. The molecular weight excluding hydrogens is 276 g/mol. The Morgan fingerprint density at radius 2 is 1.24 bits per heavy atom. The molecule has 0 radical (unpaired) electrons. The van der Waals surface area contributed by atoms with Gasteiger partial charge < -0.3 is 25.7 Å². The third kappa shape index (κ3) is 11.5. The fraction of sp³-hybridized carbons (Fsp3) is 0.571. The van der Waals surface area contributed by atoms with E-state index in [1.807, 2.05) is 0 Å². The molecule has 0 spiro atoms. The molecule has 0 aromatic rings. The highest BCUT2D eigenvalue weighted by Gasteiger charge is 2.11. The van der Waals surface area contributed by atoms with Gasteiger partial charge in [-0.2, -0.15) is 0 Å². The second-order valence-corrected chi connectivity index (χ2v) is 4.81. The van der Waals surface area contributed by atoms with E-state index in [4.69, 9.17) is 25.7 Å². The molecule has 0 amide bonds. The average molecular weight is 300 g/mol. The summed E-state index contributed by atoms with van der Waals surface area (Å²) in [5, 5.41) is 0. The molecule has 2 atom stereocenters. The normalized spacial score (nSPS) is 15.2. The molecule has 120 valence electrons. The Morgan fingerprint density at radius 1 is 0.905 bits per heavy atom. The van der Waals surface area contributed by atoms with Gasteiger partial charge in [-0.15, -0.1) is 0 Å². The first-order valence-corrected chi connectivity index (χ1v) is 6.57. The van der Waals surface area contributed by atoms with Crippen LogP contribution in [0.3, 0.4) is 0 Å². The smallest absolute Gasteiger partial charge is 0.332 e. The number of ether oxygens (including phenoxy) is 3. The van der Waals surface area contributed by atoms with Gasteiger partial charge >= 0.3 is 11.9 Å². The first kappa shape index (κ1) is 19.0. The maximum Gasteiger partial charge on any atom is 0.332 e. The first-order chi connectivity index (χ1) is 9.70. The van der Waals surface area contributed by atoms with Crippen molar-refractivity contribution in [2.24, 2.45) is 11.5 Å². The summed E-state index contributed by atoms with van der Waals surface area (Å²) in [6, 6.07) is 0. The highest BCUT2D eigenvalue weighted by atomic mass is 16.6. The van der Waals surface area contributed by atoms with Crippen molar-refractivity contribution in [1.29, 1.82) is 0 Å². The Kier molecular flexibility index (Phi) is 8.87. The van der Waals surface area contributed by atoms with Crippen LogP contribution >= 0.6 is 0 Å². The molecule has 0 bridgehead atoms. The molecular formula is C14H24N2O5. The molecule has 0 aliphatic rings. The molecule has 0 aliphatic heterocycles. The van der Waals surface area contributed by atoms with Crippen molar-refractivity contribution >= 4 is 11.9 Å². The second-order valence-electron chi connectivity index (χ2n) is 4.81. The van der Waals surface area contributed by atoms with E-state index in [9.17, 15) is 9.59 Å². The Labute approximate surface area is 124 Å². The molecule has 4 N–H and O–H groups in total. The van der Waals surface area contributed by atoms with E-state index < -0.39 is 24.1 Å². The van der Waals surface area contributed by atoms with Crippen LogP contribution in [0.5, 0.6) is 0 Å². The molecule has 21 heavy (non-hydrogen) atoms. The zero-order valence-electron chi connectivity index (χ0n) is 12.9. The molecule has 0 aliphatic carbocycles. The fourth-order valence-electron chi connectivity index (χ4n) is 1.30. The predicted molar refractivity (Wildman–Crippen MR) is 77.8 cm³/mol. The van der Waals surface area contributed by atoms with Gasteiger partial charge in [-0.1, -0.05) is 0 Å². The molecule has 0 fully saturated rings. The quantitative estimate of drug-likeness (QED) is 0.498. The van der Waals surface area contributed by atoms with Crippen LogP contribution in [0.15, 0.2) is 23.5 Å². The minimum Gasteiger partial charge on any atom is -0.457 e. The van der Waals surface area contributed by atoms with E-state index in [1.165, 1.54) is 12.2 Å². The zero-order chi connectivity index (χ0) is 16.4. The van der Waals surface area contributed by atoms with Crippen LogP contribution in [0.2, 0.25) is 0 Å². The number of carbonyl (C=O) groups is 2. The monoisotopic (exact) mass is 300 g/mol. The molecule has 0 aromatic carbocycles. The van der Waals surface area contributed by atoms with Crippen molar-refractivity contribution in [2.45, 2.75) is 39.9 Å². The lowest BCUT2D eigenvalue weighted by atomic mass is 10.4. The summed E-state index contributed by atoms with van der Waals surface area (Å²) in [6.45, 7) is 6.95. The van der Waals surface area contributed by atoms with Gasteiger partial charge in [-0.25, -0.2) is 9.59 Å². The number of esters is 2. The minimum atomic E-state index is -0.519. The molecule has 0 saturated carbocycles. The molecule has 0 saturated heterocycles. The fourth-order valence-corrected chi connectivity index (χ4v) is 1.30. The summed E-state index contributed by atoms with van der Waals surface area (Å²) >= 11 is 0. The Bertz CT molecular complexity index is 372. The van der Waals surface area contributed by atoms with Gasteiger partial charge in [0.1, 0.15) is 12.2 Å². The lowest BCUT2D eigenvalue weighted by Gasteiger charge is -2.15. The topological polar surface area (TPSA) is 114 Å². The van der Waals surface area contributed by atoms with Crippen LogP contribution in [0, 0.1) is 0 Å². The number of hydrogen-bond donors (Lipinski definition) is 2. The average Bonchev–Trinajstić information content (AvgIpc) is 2.25. The second kappa shape index (κ2) is 9.82. The Hall–Kier alpha value is -2.02. The molecule has 0 rings (SSSR count). The number of carbonyl (C=O) groups excluding carboxylic acids is 2. The molecule has 7 heteroatoms. The van der Waals surface area contributed by atoms with Crippen LogP contribution in [-0.2, 0) is 23.8 Å². The van der Waals surface area contributed by atoms with Crippen molar-refractivity contribution in [3.63, 3.8) is 0 Å². The summed E-state index contributed by atoms with van der Waals surface area (Å²) in [4.78, 5) is 22.6. The summed E-state index contributed by atoms with van der Waals surface area (Å²) in [5.41, 5.74) is 11.5. The molecule has 7 nitrogen and oxygen atoms in total. The van der Waals surface area contributed by atoms with Crippen LogP contribution in [0.25, 0.3) is 0 Å². The number of allylic oxidation sites excluding steroid dienone is 2. The third-order valence-corrected chi connectivity index (χ3v) is 2.03. The lowest BCUT2D eigenvalue weighted by Crippen LogP contribution is -2.25. The van der Waals surface area contributed by atoms with Crippen molar-refractivity contribution in [1.82, 2.24) is 0 Å². The summed E-state index contributed by atoms with van der Waals surface area (Å²) < 4.78 is 15.4. The SMILES string of the molecule is CC(N)=CC(=O)OC(C)COCC(C)OC(=O)C=C(C)N. The van der Waals surface area contributed by atoms with E-state index in [-0.39, 0.29) is 13.2 Å². The summed E-state index contributed by atoms with van der Waals surface area (Å²) in [7, 11) is 0. The van der Waals surface area contributed by atoms with E-state index in [0.717, 1.165) is 0 Å². The van der Waals surface area contributed by atoms with E-state index in [1.54, 1.807) is 27.7 Å². The summed E-state index contributed by atoms with van der Waals surface area (Å²) in [5.74, 6) is -1.04. The molecule has 0 heterocycles. The van der Waals surface area contributed by atoms with E-state index >= 15 is 0 Å². The van der Waals surface area contributed by atoms with Gasteiger partial charge in [-0.05, 0) is 27.7 Å². The van der Waals surface area contributed by atoms with E-state index in [0.29, 0.717) is 11.4 Å². The van der Waals surface area contributed by atoms with Gasteiger partial charge in [0, 0.05) is 23.5 Å². The number of nitrogens with two attached hydrogens (primary N) is 2. The van der Waals surface area contributed by atoms with Gasteiger partial charge in [0.2, 0.25) is 0 Å². The maximum atomic E-state index is 11.3. The van der Waals surface area contributed by atoms with Gasteiger partial charge in [0.25, 0.3) is 0 Å². The van der Waals surface area contributed by atoms with E-state index in [2.05, 4.69) is 0 Å². The van der Waals surface area contributed by atoms with Gasteiger partial charge in [0.15, 0.2) is 0 Å². The maximum absolute atomic E-state index is 11.3. The van der Waals surface area contributed by atoms with Crippen LogP contribution in [-0.4, -0.2) is 37.4 Å². The van der Waals surface area contributed by atoms with Crippen molar-refractivity contribution < 1.29 is 23.8 Å². The van der Waals surface area contributed by atoms with Crippen LogP contribution < -0.4 is 11.5 Å². The summed E-state index contributed by atoms with van der Waals surface area (Å²) in [6.07, 6.45) is 1.54. The minimum absolute atomic E-state index is 0.191. The van der Waals surface area contributed by atoms with Crippen molar-refractivity contribution in [2.75, 3.05) is 13.2 Å². The highest BCUT2D eigenvalue weighted by Crippen LogP contribution is 1.99. The highest BCUT2D eigenvalue weighted by molar-refractivity contribution is 5.83. The molecule has 2 unspecified atom stereocenters. The standard InChI is InChI=1S/C14H24N2O5/c1-9(15)5-13(17)20-11(3)7-19-8-12(4)21-14(18)6-10(2)16/h5-6,11-12H,7-8,15-16H2,1-4H3. The van der Waals surface area contributed by atoms with Crippen LogP contribution in [0.1, 0.15) is 27.7 Å². The van der Waals surface area contributed by atoms with Gasteiger partial charge in [0.05, 0.1) is 13.2 Å². The number of rotatable bonds is 8. The predicted octanol–water partition coefficient (Wildman–Crippen LogP) is 0.591. The van der Waals surface area contributed by atoms with Gasteiger partial charge in [-0.3, -0.25) is 0 Å². The Balaban J connectivity index is 3.93. The zero-order valence-corrected chi connectivity index (χ0v) is 12.9. The van der Waals surface area contributed by atoms with Crippen molar-refractivity contribution in [3.8, 4) is 0 Å². The Morgan fingerprint density at radius 3 is 1.52 bits per heavy atom. The van der Waals surface area contributed by atoms with Crippen LogP contribution in [0.4, 0.5) is 0 Å².